The summed E-state index contributed by atoms with van der Waals surface area (Å²) in [6.45, 7) is -1.90. The highest BCUT2D eigenvalue weighted by Crippen LogP contribution is 2.17. The third kappa shape index (κ3) is 7.01. The maximum Gasteiger partial charge on any atom is 0.387 e. The minimum absolute atomic E-state index is 0.101. The molecule has 0 heterocycles. The summed E-state index contributed by atoms with van der Waals surface area (Å²) in [7, 11) is 1.68. The summed E-state index contributed by atoms with van der Waals surface area (Å²) in [4.78, 5) is 14.8. The van der Waals surface area contributed by atoms with E-state index in [1.54, 1.807) is 30.9 Å². The SMILES string of the molecule is CN(Cc1ccc(OC(F)F)cc1)C(=O)NCCSc1ccccc1. The number of ether oxygens (including phenoxy) is 1. The van der Waals surface area contributed by atoms with E-state index in [9.17, 15) is 13.6 Å². The number of urea groups is 1. The van der Waals surface area contributed by atoms with Crippen LogP contribution in [0.3, 0.4) is 0 Å². The van der Waals surface area contributed by atoms with E-state index in [4.69, 9.17) is 0 Å². The van der Waals surface area contributed by atoms with E-state index in [0.29, 0.717) is 13.1 Å². The Labute approximate surface area is 150 Å². The highest BCUT2D eigenvalue weighted by Gasteiger charge is 2.09. The van der Waals surface area contributed by atoms with Crippen LogP contribution in [0.15, 0.2) is 59.5 Å². The second-order valence-corrected chi connectivity index (χ2v) is 6.44. The number of amides is 2. The van der Waals surface area contributed by atoms with E-state index in [2.05, 4.69) is 10.1 Å². The molecular formula is C18H20F2N2O2S. The lowest BCUT2D eigenvalue weighted by molar-refractivity contribution is -0.0498. The maximum atomic E-state index is 12.1. The first-order valence-corrected chi connectivity index (χ1v) is 8.73. The van der Waals surface area contributed by atoms with Gasteiger partial charge in [-0.3, -0.25) is 0 Å². The number of alkyl halides is 2. The van der Waals surface area contributed by atoms with Gasteiger partial charge in [0, 0.05) is 30.8 Å². The van der Waals surface area contributed by atoms with Gasteiger partial charge in [-0.25, -0.2) is 4.79 Å². The van der Waals surface area contributed by atoms with Crippen molar-refractivity contribution < 1.29 is 18.3 Å². The van der Waals surface area contributed by atoms with E-state index in [1.807, 2.05) is 30.3 Å². The van der Waals surface area contributed by atoms with Crippen molar-refractivity contribution in [3.63, 3.8) is 0 Å². The van der Waals surface area contributed by atoms with Crippen LogP contribution in [0, 0.1) is 0 Å². The van der Waals surface area contributed by atoms with Gasteiger partial charge in [-0.2, -0.15) is 8.78 Å². The molecule has 0 atom stereocenters. The maximum absolute atomic E-state index is 12.1. The van der Waals surface area contributed by atoms with Crippen LogP contribution in [-0.4, -0.2) is 36.9 Å². The molecule has 0 saturated heterocycles. The van der Waals surface area contributed by atoms with E-state index >= 15 is 0 Å². The van der Waals surface area contributed by atoms with Crippen molar-refractivity contribution in [1.29, 1.82) is 0 Å². The molecule has 0 radical (unpaired) electrons. The highest BCUT2D eigenvalue weighted by atomic mass is 32.2. The zero-order valence-electron chi connectivity index (χ0n) is 13.8. The number of nitrogens with zero attached hydrogens (tertiary/aromatic N) is 1. The lowest BCUT2D eigenvalue weighted by Crippen LogP contribution is -2.37. The average molecular weight is 366 g/mol. The molecule has 0 aliphatic carbocycles. The van der Waals surface area contributed by atoms with Crippen LogP contribution in [-0.2, 0) is 6.54 Å². The molecule has 0 saturated carbocycles. The Morgan fingerprint density at radius 1 is 1.16 bits per heavy atom. The number of rotatable bonds is 8. The van der Waals surface area contributed by atoms with Gasteiger partial charge in [-0.05, 0) is 29.8 Å². The molecule has 2 aromatic carbocycles. The summed E-state index contributed by atoms with van der Waals surface area (Å²) in [6.07, 6.45) is 0. The van der Waals surface area contributed by atoms with Crippen molar-refractivity contribution in [3.05, 3.63) is 60.2 Å². The molecule has 0 aliphatic rings. The predicted molar refractivity (Wildman–Crippen MR) is 95.1 cm³/mol. The molecule has 0 fully saturated rings. The summed E-state index contributed by atoms with van der Waals surface area (Å²) in [5.74, 6) is 0.882. The Morgan fingerprint density at radius 2 is 1.84 bits per heavy atom. The number of carbonyl (C=O) groups is 1. The second-order valence-electron chi connectivity index (χ2n) is 5.27. The van der Waals surface area contributed by atoms with Crippen LogP contribution in [0.25, 0.3) is 0 Å². The number of halogens is 2. The Bertz CT molecular complexity index is 654. The quantitative estimate of drug-likeness (QED) is 0.562. The summed E-state index contributed by atoms with van der Waals surface area (Å²) in [5, 5.41) is 2.85. The number of benzene rings is 2. The van der Waals surface area contributed by atoms with Gasteiger partial charge in [0.1, 0.15) is 5.75 Å². The molecule has 25 heavy (non-hydrogen) atoms. The summed E-state index contributed by atoms with van der Waals surface area (Å²) in [5.41, 5.74) is 0.831. The fraction of sp³-hybridized carbons (Fsp3) is 0.278. The Balaban J connectivity index is 1.70. The number of thioether (sulfide) groups is 1. The van der Waals surface area contributed by atoms with Crippen LogP contribution in [0.5, 0.6) is 5.75 Å². The number of nitrogens with one attached hydrogen (secondary N) is 1. The highest BCUT2D eigenvalue weighted by molar-refractivity contribution is 7.99. The molecule has 0 bridgehead atoms. The van der Waals surface area contributed by atoms with Crippen LogP contribution in [0.1, 0.15) is 5.56 Å². The van der Waals surface area contributed by atoms with Gasteiger partial charge < -0.3 is 15.0 Å². The molecule has 2 aromatic rings. The molecular weight excluding hydrogens is 346 g/mol. The largest absolute Gasteiger partial charge is 0.435 e. The first kappa shape index (κ1) is 19.1. The van der Waals surface area contributed by atoms with Gasteiger partial charge in [-0.1, -0.05) is 30.3 Å². The molecule has 1 N–H and O–H groups in total. The predicted octanol–water partition coefficient (Wildman–Crippen LogP) is 4.22. The first-order chi connectivity index (χ1) is 12.0. The Kier molecular flexibility index (Phi) is 7.53. The molecule has 0 aliphatic heterocycles. The van der Waals surface area contributed by atoms with Crippen LogP contribution >= 0.6 is 11.8 Å². The third-order valence-electron chi connectivity index (χ3n) is 3.31. The Morgan fingerprint density at radius 3 is 2.48 bits per heavy atom. The molecule has 0 spiro atoms. The minimum Gasteiger partial charge on any atom is -0.435 e. The molecule has 0 aromatic heterocycles. The smallest absolute Gasteiger partial charge is 0.387 e. The summed E-state index contributed by atoms with van der Waals surface area (Å²) in [6, 6.07) is 16.0. The Hall–Kier alpha value is -2.28. The van der Waals surface area contributed by atoms with E-state index in [-0.39, 0.29) is 11.8 Å². The minimum atomic E-state index is -2.84. The molecule has 4 nitrogen and oxygen atoms in total. The lowest BCUT2D eigenvalue weighted by atomic mass is 10.2. The molecule has 0 unspecified atom stereocenters. The van der Waals surface area contributed by atoms with Gasteiger partial charge in [0.2, 0.25) is 0 Å². The van der Waals surface area contributed by atoms with Crippen molar-refractivity contribution in [1.82, 2.24) is 10.2 Å². The van der Waals surface area contributed by atoms with Crippen molar-refractivity contribution in [2.45, 2.75) is 18.1 Å². The van der Waals surface area contributed by atoms with Gasteiger partial charge >= 0.3 is 12.6 Å². The normalized spacial score (nSPS) is 10.6. The summed E-state index contributed by atoms with van der Waals surface area (Å²) >= 11 is 1.68. The number of carbonyl (C=O) groups excluding carboxylic acids is 1. The zero-order chi connectivity index (χ0) is 18.1. The molecule has 2 rings (SSSR count). The zero-order valence-corrected chi connectivity index (χ0v) is 14.6. The molecule has 7 heteroatoms. The van der Waals surface area contributed by atoms with Crippen molar-refractivity contribution >= 4 is 17.8 Å². The lowest BCUT2D eigenvalue weighted by Gasteiger charge is -2.18. The van der Waals surface area contributed by atoms with Crippen molar-refractivity contribution in [2.75, 3.05) is 19.3 Å². The van der Waals surface area contributed by atoms with Crippen molar-refractivity contribution in [2.24, 2.45) is 0 Å². The van der Waals surface area contributed by atoms with Gasteiger partial charge in [0.05, 0.1) is 0 Å². The molecule has 2 amide bonds. The fourth-order valence-corrected chi connectivity index (χ4v) is 2.89. The van der Waals surface area contributed by atoms with Gasteiger partial charge in [0.15, 0.2) is 0 Å². The van der Waals surface area contributed by atoms with Crippen LogP contribution in [0.4, 0.5) is 13.6 Å². The van der Waals surface area contributed by atoms with Gasteiger partial charge in [-0.15, -0.1) is 11.8 Å². The fourth-order valence-electron chi connectivity index (χ4n) is 2.10. The topological polar surface area (TPSA) is 41.6 Å². The van der Waals surface area contributed by atoms with E-state index in [0.717, 1.165) is 16.2 Å². The number of hydrogen-bond acceptors (Lipinski definition) is 3. The third-order valence-corrected chi connectivity index (χ3v) is 4.32. The summed E-state index contributed by atoms with van der Waals surface area (Å²) < 4.78 is 28.5. The second kappa shape index (κ2) is 9.88. The first-order valence-electron chi connectivity index (χ1n) is 7.75. The standard InChI is InChI=1S/C18H20F2N2O2S/c1-22(13-14-7-9-15(10-8-14)24-17(19)20)18(23)21-11-12-25-16-5-3-2-4-6-16/h2-10,17H,11-13H2,1H3,(H,21,23). The number of hydrogen-bond donors (Lipinski definition) is 1. The van der Waals surface area contributed by atoms with E-state index < -0.39 is 6.61 Å². The van der Waals surface area contributed by atoms with Gasteiger partial charge in [0.25, 0.3) is 0 Å². The van der Waals surface area contributed by atoms with E-state index in [1.165, 1.54) is 17.0 Å². The molecule has 134 valence electrons. The van der Waals surface area contributed by atoms with Crippen molar-refractivity contribution in [3.8, 4) is 5.75 Å². The monoisotopic (exact) mass is 366 g/mol. The average Bonchev–Trinajstić information content (AvgIpc) is 2.60. The van der Waals surface area contributed by atoms with Crippen LogP contribution in [0.2, 0.25) is 0 Å². The van der Waals surface area contributed by atoms with Crippen LogP contribution < -0.4 is 10.1 Å².